The number of furan rings is 1. The largest absolute Gasteiger partial charge is 0.495 e. The van der Waals surface area contributed by atoms with Gasteiger partial charge >= 0.3 is 0 Å². The van der Waals surface area contributed by atoms with Gasteiger partial charge in [0.2, 0.25) is 0 Å². The first-order valence-electron chi connectivity index (χ1n) is 5.43. The van der Waals surface area contributed by atoms with Crippen LogP contribution in [0.3, 0.4) is 0 Å². The van der Waals surface area contributed by atoms with Crippen LogP contribution in [0.4, 0.5) is 5.69 Å². The molecule has 0 spiro atoms. The van der Waals surface area contributed by atoms with E-state index in [0.717, 1.165) is 5.56 Å². The van der Waals surface area contributed by atoms with Crippen LogP contribution in [0.5, 0.6) is 5.75 Å². The average Bonchev–Trinajstić information content (AvgIpc) is 2.90. The standard InChI is InChI=1S/C13H14N2O3/c1-17-12-3-2-9(6-11(12)14)7-15-13(16)10-4-5-18-8-10/h2-6,8H,7,14H2,1H3,(H,15,16). The van der Waals surface area contributed by atoms with Gasteiger partial charge in [-0.3, -0.25) is 4.79 Å². The SMILES string of the molecule is COc1ccc(CNC(=O)c2ccoc2)cc1N. The number of anilines is 1. The number of hydrogen-bond donors (Lipinski definition) is 2. The number of hydrogen-bond acceptors (Lipinski definition) is 4. The molecular weight excluding hydrogens is 232 g/mol. The van der Waals surface area contributed by atoms with Crippen molar-refractivity contribution in [3.8, 4) is 5.75 Å². The fourth-order valence-electron chi connectivity index (χ4n) is 1.57. The highest BCUT2D eigenvalue weighted by atomic mass is 16.5. The van der Waals surface area contributed by atoms with Gasteiger partial charge in [0.25, 0.3) is 5.91 Å². The monoisotopic (exact) mass is 246 g/mol. The number of nitrogens with one attached hydrogen (secondary N) is 1. The zero-order chi connectivity index (χ0) is 13.0. The lowest BCUT2D eigenvalue weighted by Gasteiger charge is -2.08. The minimum absolute atomic E-state index is 0.182. The van der Waals surface area contributed by atoms with Crippen LogP contribution in [-0.2, 0) is 6.54 Å². The van der Waals surface area contributed by atoms with Crippen LogP contribution >= 0.6 is 0 Å². The molecule has 0 aliphatic carbocycles. The second kappa shape index (κ2) is 5.27. The summed E-state index contributed by atoms with van der Waals surface area (Å²) in [5, 5.41) is 2.77. The van der Waals surface area contributed by atoms with E-state index in [2.05, 4.69) is 5.32 Å². The Labute approximate surface area is 105 Å². The van der Waals surface area contributed by atoms with E-state index < -0.39 is 0 Å². The smallest absolute Gasteiger partial charge is 0.254 e. The molecule has 0 saturated carbocycles. The number of carbonyl (C=O) groups excluding carboxylic acids is 1. The molecule has 94 valence electrons. The third kappa shape index (κ3) is 2.63. The maximum absolute atomic E-state index is 11.7. The van der Waals surface area contributed by atoms with E-state index in [-0.39, 0.29) is 5.91 Å². The van der Waals surface area contributed by atoms with Crippen molar-refractivity contribution >= 4 is 11.6 Å². The van der Waals surface area contributed by atoms with E-state index in [1.165, 1.54) is 12.5 Å². The summed E-state index contributed by atoms with van der Waals surface area (Å²) in [6.45, 7) is 0.401. The molecule has 1 heterocycles. The van der Waals surface area contributed by atoms with Gasteiger partial charge in [0, 0.05) is 6.54 Å². The molecule has 0 radical (unpaired) electrons. The molecule has 3 N–H and O–H groups in total. The van der Waals surface area contributed by atoms with E-state index in [1.54, 1.807) is 25.3 Å². The summed E-state index contributed by atoms with van der Waals surface area (Å²) in [5.74, 6) is 0.443. The molecule has 0 fully saturated rings. The fourth-order valence-corrected chi connectivity index (χ4v) is 1.57. The zero-order valence-electron chi connectivity index (χ0n) is 9.97. The number of nitrogen functional groups attached to an aromatic ring is 1. The minimum Gasteiger partial charge on any atom is -0.495 e. The summed E-state index contributed by atoms with van der Waals surface area (Å²) >= 11 is 0. The molecule has 1 amide bonds. The normalized spacial score (nSPS) is 10.1. The van der Waals surface area contributed by atoms with Gasteiger partial charge in [-0.15, -0.1) is 0 Å². The molecule has 2 rings (SSSR count). The number of carbonyl (C=O) groups is 1. The van der Waals surface area contributed by atoms with E-state index in [4.69, 9.17) is 14.9 Å². The van der Waals surface area contributed by atoms with Gasteiger partial charge in [0.15, 0.2) is 0 Å². The molecule has 0 aliphatic rings. The average molecular weight is 246 g/mol. The number of rotatable bonds is 4. The van der Waals surface area contributed by atoms with Crippen LogP contribution in [0.25, 0.3) is 0 Å². The van der Waals surface area contributed by atoms with E-state index in [1.807, 2.05) is 6.07 Å². The minimum atomic E-state index is -0.182. The summed E-state index contributed by atoms with van der Waals surface area (Å²) in [6.07, 6.45) is 2.86. The summed E-state index contributed by atoms with van der Waals surface area (Å²) in [4.78, 5) is 11.7. The van der Waals surface area contributed by atoms with Gasteiger partial charge < -0.3 is 20.2 Å². The van der Waals surface area contributed by atoms with E-state index in [9.17, 15) is 4.79 Å². The lowest BCUT2D eigenvalue weighted by Crippen LogP contribution is -2.22. The van der Waals surface area contributed by atoms with Crippen molar-refractivity contribution in [1.29, 1.82) is 0 Å². The van der Waals surface area contributed by atoms with Gasteiger partial charge in [-0.05, 0) is 23.8 Å². The second-order valence-electron chi connectivity index (χ2n) is 3.77. The quantitative estimate of drug-likeness (QED) is 0.806. The molecule has 0 atom stereocenters. The van der Waals surface area contributed by atoms with Crippen molar-refractivity contribution in [2.24, 2.45) is 0 Å². The molecule has 5 heteroatoms. The number of benzene rings is 1. The van der Waals surface area contributed by atoms with Crippen LogP contribution in [0.2, 0.25) is 0 Å². The highest BCUT2D eigenvalue weighted by Crippen LogP contribution is 2.21. The van der Waals surface area contributed by atoms with Crippen molar-refractivity contribution < 1.29 is 13.9 Å². The van der Waals surface area contributed by atoms with Crippen molar-refractivity contribution in [3.05, 3.63) is 47.9 Å². The van der Waals surface area contributed by atoms with Crippen LogP contribution < -0.4 is 15.8 Å². The number of nitrogens with two attached hydrogens (primary N) is 1. The Kier molecular flexibility index (Phi) is 3.52. The number of methoxy groups -OCH3 is 1. The van der Waals surface area contributed by atoms with Crippen molar-refractivity contribution in [2.45, 2.75) is 6.54 Å². The first-order chi connectivity index (χ1) is 8.70. The Morgan fingerprint density at radius 2 is 2.28 bits per heavy atom. The third-order valence-electron chi connectivity index (χ3n) is 2.53. The predicted molar refractivity (Wildman–Crippen MR) is 67.3 cm³/mol. The maximum atomic E-state index is 11.7. The van der Waals surface area contributed by atoms with Crippen molar-refractivity contribution in [1.82, 2.24) is 5.32 Å². The molecule has 1 aromatic heterocycles. The van der Waals surface area contributed by atoms with Gasteiger partial charge in [0.05, 0.1) is 24.6 Å². The molecule has 0 saturated heterocycles. The topological polar surface area (TPSA) is 77.5 Å². The van der Waals surface area contributed by atoms with Gasteiger partial charge in [-0.2, -0.15) is 0 Å². The number of ether oxygens (including phenoxy) is 1. The molecule has 1 aromatic carbocycles. The summed E-state index contributed by atoms with van der Waals surface area (Å²) in [7, 11) is 1.56. The van der Waals surface area contributed by atoms with Gasteiger partial charge in [-0.1, -0.05) is 6.07 Å². The summed E-state index contributed by atoms with van der Waals surface area (Å²) in [6, 6.07) is 7.01. The Bertz CT molecular complexity index is 535. The highest BCUT2D eigenvalue weighted by Gasteiger charge is 2.07. The van der Waals surface area contributed by atoms with E-state index in [0.29, 0.717) is 23.5 Å². The third-order valence-corrected chi connectivity index (χ3v) is 2.53. The van der Waals surface area contributed by atoms with Gasteiger partial charge in [0.1, 0.15) is 12.0 Å². The first kappa shape index (κ1) is 12.0. The fraction of sp³-hybridized carbons (Fsp3) is 0.154. The van der Waals surface area contributed by atoms with Crippen LogP contribution in [-0.4, -0.2) is 13.0 Å². The molecule has 2 aromatic rings. The Hall–Kier alpha value is -2.43. The van der Waals surface area contributed by atoms with Crippen molar-refractivity contribution in [2.75, 3.05) is 12.8 Å². The maximum Gasteiger partial charge on any atom is 0.254 e. The summed E-state index contributed by atoms with van der Waals surface area (Å²) < 4.78 is 9.90. The first-order valence-corrected chi connectivity index (χ1v) is 5.43. The molecule has 5 nitrogen and oxygen atoms in total. The Morgan fingerprint density at radius 1 is 1.44 bits per heavy atom. The zero-order valence-corrected chi connectivity index (χ0v) is 9.97. The van der Waals surface area contributed by atoms with Crippen LogP contribution in [0, 0.1) is 0 Å². The van der Waals surface area contributed by atoms with Gasteiger partial charge in [-0.25, -0.2) is 0 Å². The highest BCUT2D eigenvalue weighted by molar-refractivity contribution is 5.93. The molecular formula is C13H14N2O3. The molecule has 0 unspecified atom stereocenters. The van der Waals surface area contributed by atoms with E-state index >= 15 is 0 Å². The summed E-state index contributed by atoms with van der Waals surface area (Å²) in [5.41, 5.74) is 7.73. The lowest BCUT2D eigenvalue weighted by molar-refractivity contribution is 0.0950. The Balaban J connectivity index is 1.98. The van der Waals surface area contributed by atoms with Crippen molar-refractivity contribution in [3.63, 3.8) is 0 Å². The lowest BCUT2D eigenvalue weighted by atomic mass is 10.2. The predicted octanol–water partition coefficient (Wildman–Crippen LogP) is 1.80. The molecule has 18 heavy (non-hydrogen) atoms. The van der Waals surface area contributed by atoms with Crippen LogP contribution in [0.15, 0.2) is 41.2 Å². The second-order valence-corrected chi connectivity index (χ2v) is 3.77. The molecule has 0 bridgehead atoms. The Morgan fingerprint density at radius 3 is 2.89 bits per heavy atom. The number of amides is 1. The van der Waals surface area contributed by atoms with Crippen LogP contribution in [0.1, 0.15) is 15.9 Å². The molecule has 0 aliphatic heterocycles.